The minimum absolute atomic E-state index is 0.0530. The average Bonchev–Trinajstić information content (AvgIpc) is 3.32. The number of nitrogens with zero attached hydrogens (tertiary/aromatic N) is 2. The first kappa shape index (κ1) is 29.0. The number of carbonyl (C=O) groups excluding carboxylic acids is 3. The molecule has 40 heavy (non-hydrogen) atoms. The van der Waals surface area contributed by atoms with Crippen molar-refractivity contribution in [3.8, 4) is 0 Å². The highest BCUT2D eigenvalue weighted by Crippen LogP contribution is 2.46. The number of benzene rings is 1. The zero-order chi connectivity index (χ0) is 28.6. The molecule has 3 fully saturated rings. The molecular weight excluding hydrogens is 553 g/mol. The highest BCUT2D eigenvalue weighted by atomic mass is 35.5. The van der Waals surface area contributed by atoms with E-state index in [1.807, 2.05) is 4.90 Å². The lowest BCUT2D eigenvalue weighted by Crippen LogP contribution is -2.54. The summed E-state index contributed by atoms with van der Waals surface area (Å²) in [7, 11) is 2.53. The highest BCUT2D eigenvalue weighted by molar-refractivity contribution is 6.36. The number of rotatable bonds is 6. The van der Waals surface area contributed by atoms with Crippen LogP contribution in [0, 0.1) is 11.8 Å². The van der Waals surface area contributed by atoms with Gasteiger partial charge in [-0.25, -0.2) is 9.59 Å². The molecule has 1 aromatic carbocycles. The van der Waals surface area contributed by atoms with Gasteiger partial charge in [0.05, 0.1) is 37.7 Å². The molecule has 1 saturated heterocycles. The van der Waals surface area contributed by atoms with Crippen LogP contribution in [0.25, 0.3) is 0 Å². The van der Waals surface area contributed by atoms with Gasteiger partial charge in [0, 0.05) is 59.2 Å². The van der Waals surface area contributed by atoms with Gasteiger partial charge >= 0.3 is 11.9 Å². The summed E-state index contributed by atoms with van der Waals surface area (Å²) in [4.78, 5) is 44.3. The Morgan fingerprint density at radius 2 is 1.55 bits per heavy atom. The number of carbonyl (C=O) groups is 3. The monoisotopic (exact) mass is 589 g/mol. The Balaban J connectivity index is 1.40. The SMILES string of the molecule is COC(=O)C1=C(C)NC(CC(=O)N2CCN(C3CCC4CCC3C4)CC2)=C(C(=O)OC)C1c1c(Cl)cccc1Cl. The third kappa shape index (κ3) is 5.50. The standard InChI is InChI=1S/C30H37Cl2N3O5/c1-17-25(29(37)39-2)28(26-20(31)5-4-6-21(26)32)27(30(38)40-3)22(33-17)16-24(36)35-13-11-34(12-14-35)23-10-8-18-7-9-19(23)15-18/h4-6,18-19,23,28,33H,7-16H2,1-3H3. The number of dihydropyridines is 1. The van der Waals surface area contributed by atoms with E-state index in [-0.39, 0.29) is 33.5 Å². The second-order valence-corrected chi connectivity index (χ2v) is 12.1. The van der Waals surface area contributed by atoms with E-state index in [2.05, 4.69) is 10.2 Å². The van der Waals surface area contributed by atoms with Gasteiger partial charge in [0.1, 0.15) is 0 Å². The molecule has 10 heteroatoms. The maximum Gasteiger partial charge on any atom is 0.336 e. The van der Waals surface area contributed by atoms with Crippen molar-refractivity contribution < 1.29 is 23.9 Å². The Hall–Kier alpha value is -2.55. The molecule has 0 radical (unpaired) electrons. The van der Waals surface area contributed by atoms with Gasteiger partial charge in [0.25, 0.3) is 0 Å². The van der Waals surface area contributed by atoms with Crippen LogP contribution in [0.2, 0.25) is 10.0 Å². The van der Waals surface area contributed by atoms with E-state index < -0.39 is 17.9 Å². The van der Waals surface area contributed by atoms with Crippen molar-refractivity contribution in [1.29, 1.82) is 0 Å². The van der Waals surface area contributed by atoms with E-state index in [9.17, 15) is 14.4 Å². The van der Waals surface area contributed by atoms with Crippen LogP contribution >= 0.6 is 23.2 Å². The van der Waals surface area contributed by atoms with Gasteiger partial charge in [-0.05, 0) is 56.6 Å². The number of allylic oxidation sites excluding steroid dienone is 1. The van der Waals surface area contributed by atoms with Crippen LogP contribution in [0.3, 0.4) is 0 Å². The Kier molecular flexibility index (Phi) is 8.78. The van der Waals surface area contributed by atoms with Gasteiger partial charge in [0.15, 0.2) is 0 Å². The summed E-state index contributed by atoms with van der Waals surface area (Å²) in [5.41, 5.74) is 1.51. The molecule has 2 saturated carbocycles. The van der Waals surface area contributed by atoms with Crippen molar-refractivity contribution in [1.82, 2.24) is 15.1 Å². The Morgan fingerprint density at radius 3 is 2.20 bits per heavy atom. The lowest BCUT2D eigenvalue weighted by molar-refractivity contribution is -0.137. The van der Waals surface area contributed by atoms with Gasteiger partial charge < -0.3 is 19.7 Å². The average molecular weight is 591 g/mol. The molecule has 1 N–H and O–H groups in total. The van der Waals surface area contributed by atoms with Crippen LogP contribution < -0.4 is 5.32 Å². The fourth-order valence-corrected chi connectivity index (χ4v) is 7.87. The summed E-state index contributed by atoms with van der Waals surface area (Å²) in [6.07, 6.45) is 6.60. The van der Waals surface area contributed by atoms with Crippen LogP contribution in [-0.2, 0) is 23.9 Å². The predicted octanol–water partition coefficient (Wildman–Crippen LogP) is 4.67. The summed E-state index contributed by atoms with van der Waals surface area (Å²) in [5, 5.41) is 3.72. The second kappa shape index (κ2) is 12.1. The van der Waals surface area contributed by atoms with E-state index in [0.29, 0.717) is 36.1 Å². The molecule has 1 amide bonds. The molecule has 4 atom stereocenters. The second-order valence-electron chi connectivity index (χ2n) is 11.3. The Labute approximate surface area is 245 Å². The van der Waals surface area contributed by atoms with Crippen LogP contribution in [-0.4, -0.2) is 74.1 Å². The Bertz CT molecular complexity index is 1230. The lowest BCUT2D eigenvalue weighted by atomic mass is 9.79. The zero-order valence-electron chi connectivity index (χ0n) is 23.3. The number of fused-ring (bicyclic) bond motifs is 2. The summed E-state index contributed by atoms with van der Waals surface area (Å²) in [6, 6.07) is 5.61. The van der Waals surface area contributed by atoms with E-state index >= 15 is 0 Å². The minimum atomic E-state index is -0.969. The zero-order valence-corrected chi connectivity index (χ0v) is 24.8. The first-order valence-corrected chi connectivity index (χ1v) is 14.8. The molecule has 1 aromatic rings. The molecule has 0 aromatic heterocycles. The van der Waals surface area contributed by atoms with Gasteiger partial charge in [-0.2, -0.15) is 0 Å². The van der Waals surface area contributed by atoms with E-state index in [0.717, 1.165) is 24.9 Å². The van der Waals surface area contributed by atoms with Crippen LogP contribution in [0.15, 0.2) is 40.7 Å². The quantitative estimate of drug-likeness (QED) is 0.482. The maximum absolute atomic E-state index is 13.6. The summed E-state index contributed by atoms with van der Waals surface area (Å²) in [6.45, 7) is 4.72. The molecule has 0 spiro atoms. The van der Waals surface area contributed by atoms with Crippen LogP contribution in [0.5, 0.6) is 0 Å². The number of hydrogen-bond donors (Lipinski definition) is 1. The first-order chi connectivity index (χ1) is 19.2. The lowest BCUT2D eigenvalue weighted by Gasteiger charge is -2.43. The fraction of sp³-hybridized carbons (Fsp3) is 0.567. The molecule has 2 bridgehead atoms. The number of ether oxygens (including phenoxy) is 2. The number of esters is 2. The highest BCUT2D eigenvalue weighted by Gasteiger charge is 2.42. The van der Waals surface area contributed by atoms with Crippen LogP contribution in [0.4, 0.5) is 0 Å². The molecule has 4 unspecified atom stereocenters. The van der Waals surface area contributed by atoms with E-state index in [1.54, 1.807) is 25.1 Å². The molecule has 216 valence electrons. The van der Waals surface area contributed by atoms with Gasteiger partial charge in [0.2, 0.25) is 5.91 Å². The van der Waals surface area contributed by atoms with Crippen molar-refractivity contribution in [2.24, 2.45) is 11.8 Å². The largest absolute Gasteiger partial charge is 0.466 e. The molecule has 4 aliphatic rings. The van der Waals surface area contributed by atoms with Crippen molar-refractivity contribution in [2.75, 3.05) is 40.4 Å². The number of nitrogens with one attached hydrogen (secondary N) is 1. The molecular formula is C30H37Cl2N3O5. The first-order valence-electron chi connectivity index (χ1n) is 14.1. The van der Waals surface area contributed by atoms with Gasteiger partial charge in [-0.1, -0.05) is 35.7 Å². The third-order valence-corrected chi connectivity index (χ3v) is 9.86. The van der Waals surface area contributed by atoms with Crippen LogP contribution in [0.1, 0.15) is 56.9 Å². The summed E-state index contributed by atoms with van der Waals surface area (Å²) in [5.74, 6) is -0.652. The molecule has 8 nitrogen and oxygen atoms in total. The van der Waals surface area contributed by atoms with Crippen molar-refractivity contribution >= 4 is 41.0 Å². The summed E-state index contributed by atoms with van der Waals surface area (Å²) >= 11 is 13.2. The van der Waals surface area contributed by atoms with E-state index in [4.69, 9.17) is 32.7 Å². The normalized spacial score (nSPS) is 27.0. The smallest absolute Gasteiger partial charge is 0.336 e. The van der Waals surface area contributed by atoms with E-state index in [1.165, 1.54) is 46.3 Å². The van der Waals surface area contributed by atoms with Crippen molar-refractivity contribution in [3.63, 3.8) is 0 Å². The molecule has 2 heterocycles. The predicted molar refractivity (Wildman–Crippen MR) is 153 cm³/mol. The minimum Gasteiger partial charge on any atom is -0.466 e. The van der Waals surface area contributed by atoms with Gasteiger partial charge in [-0.15, -0.1) is 0 Å². The van der Waals surface area contributed by atoms with Gasteiger partial charge in [-0.3, -0.25) is 9.69 Å². The maximum atomic E-state index is 13.6. The topological polar surface area (TPSA) is 88.2 Å². The third-order valence-electron chi connectivity index (χ3n) is 9.20. The number of amides is 1. The van der Waals surface area contributed by atoms with Crippen molar-refractivity contribution in [2.45, 2.75) is 57.4 Å². The number of halogens is 2. The van der Waals surface area contributed by atoms with Crippen molar-refractivity contribution in [3.05, 3.63) is 56.3 Å². The fourth-order valence-electron chi connectivity index (χ4n) is 7.26. The number of methoxy groups -OCH3 is 2. The number of hydrogen-bond acceptors (Lipinski definition) is 7. The summed E-state index contributed by atoms with van der Waals surface area (Å²) < 4.78 is 10.2. The molecule has 5 rings (SSSR count). The molecule has 2 aliphatic carbocycles. The Morgan fingerprint density at radius 1 is 0.925 bits per heavy atom. The number of piperazine rings is 1. The molecule has 2 aliphatic heterocycles.